The third kappa shape index (κ3) is 3.26. The second-order valence-corrected chi connectivity index (χ2v) is 5.31. The molecule has 0 bridgehead atoms. The van der Waals surface area contributed by atoms with Crippen molar-refractivity contribution in [2.45, 2.75) is 19.8 Å². The summed E-state index contributed by atoms with van der Waals surface area (Å²) in [4.78, 5) is 20.6. The highest BCUT2D eigenvalue weighted by molar-refractivity contribution is 7.10. The van der Waals surface area contributed by atoms with Crippen molar-refractivity contribution in [1.29, 1.82) is 0 Å². The number of hydrogen-bond acceptors (Lipinski definition) is 4. The lowest BCUT2D eigenvalue weighted by molar-refractivity contribution is 0.0694. The number of rotatable bonds is 4. The lowest BCUT2D eigenvalue weighted by atomic mass is 10.1. The summed E-state index contributed by atoms with van der Waals surface area (Å²) in [7, 11) is 0. The highest BCUT2D eigenvalue weighted by Gasteiger charge is 2.15. The molecule has 0 aromatic carbocycles. The Labute approximate surface area is 115 Å². The Morgan fingerprint density at radius 2 is 2.21 bits per heavy atom. The maximum atomic E-state index is 11.1. The highest BCUT2D eigenvalue weighted by atomic mass is 32.1. The molecule has 0 saturated carbocycles. The molecule has 0 saturated heterocycles. The summed E-state index contributed by atoms with van der Waals surface area (Å²) in [5.74, 6) is -0.414. The fourth-order valence-corrected chi connectivity index (χ4v) is 2.26. The lowest BCUT2D eigenvalue weighted by Crippen LogP contribution is -2.08. The van der Waals surface area contributed by atoms with Crippen molar-refractivity contribution >= 4 is 29.5 Å². The Morgan fingerprint density at radius 3 is 2.79 bits per heavy atom. The van der Waals surface area contributed by atoms with E-state index in [1.54, 1.807) is 17.4 Å². The van der Waals surface area contributed by atoms with Crippen LogP contribution in [0.2, 0.25) is 0 Å². The van der Waals surface area contributed by atoms with E-state index in [2.05, 4.69) is 9.97 Å². The van der Waals surface area contributed by atoms with Crippen LogP contribution in [0.3, 0.4) is 0 Å². The van der Waals surface area contributed by atoms with Gasteiger partial charge >= 0.3 is 5.97 Å². The van der Waals surface area contributed by atoms with E-state index in [9.17, 15) is 4.79 Å². The van der Waals surface area contributed by atoms with Gasteiger partial charge in [0.05, 0.1) is 11.3 Å². The summed E-state index contributed by atoms with van der Waals surface area (Å²) in [5, 5.41) is 11.1. The van der Waals surface area contributed by atoms with Gasteiger partial charge in [0.1, 0.15) is 0 Å². The van der Waals surface area contributed by atoms with E-state index in [-0.39, 0.29) is 11.5 Å². The van der Waals surface area contributed by atoms with E-state index in [0.717, 1.165) is 4.88 Å². The van der Waals surface area contributed by atoms with Crippen molar-refractivity contribution in [1.82, 2.24) is 9.97 Å². The molecule has 19 heavy (non-hydrogen) atoms. The van der Waals surface area contributed by atoms with Crippen molar-refractivity contribution in [2.75, 3.05) is 0 Å². The van der Waals surface area contributed by atoms with Gasteiger partial charge in [-0.15, -0.1) is 11.3 Å². The van der Waals surface area contributed by atoms with Crippen LogP contribution < -0.4 is 0 Å². The number of nitrogens with zero attached hydrogens (tertiary/aromatic N) is 2. The fourth-order valence-electron chi connectivity index (χ4n) is 1.64. The van der Waals surface area contributed by atoms with Gasteiger partial charge in [-0.2, -0.15) is 0 Å². The summed E-state index contributed by atoms with van der Waals surface area (Å²) in [6, 6.07) is 3.97. The average Bonchev–Trinajstić information content (AvgIpc) is 2.88. The molecule has 0 aliphatic heterocycles. The zero-order valence-corrected chi connectivity index (χ0v) is 11.5. The highest BCUT2D eigenvalue weighted by Crippen LogP contribution is 2.18. The van der Waals surface area contributed by atoms with Gasteiger partial charge < -0.3 is 5.11 Å². The maximum Gasteiger partial charge on any atom is 0.339 e. The minimum Gasteiger partial charge on any atom is -0.478 e. The SMILES string of the molecule is CC(C)c1nc(/C=C/c2cccs2)ncc1C(=O)O. The normalized spacial score (nSPS) is 11.3. The van der Waals surface area contributed by atoms with Crippen LogP contribution in [0.15, 0.2) is 23.7 Å². The van der Waals surface area contributed by atoms with Gasteiger partial charge in [0, 0.05) is 11.1 Å². The molecule has 0 radical (unpaired) electrons. The molecule has 0 amide bonds. The molecule has 0 fully saturated rings. The zero-order chi connectivity index (χ0) is 13.8. The van der Waals surface area contributed by atoms with Gasteiger partial charge in [-0.05, 0) is 29.5 Å². The molecule has 0 atom stereocenters. The van der Waals surface area contributed by atoms with Crippen LogP contribution in [0.4, 0.5) is 0 Å². The van der Waals surface area contributed by atoms with Crippen LogP contribution in [0.25, 0.3) is 12.2 Å². The predicted octanol–water partition coefficient (Wildman–Crippen LogP) is 3.53. The van der Waals surface area contributed by atoms with E-state index >= 15 is 0 Å². The van der Waals surface area contributed by atoms with Crippen molar-refractivity contribution < 1.29 is 9.90 Å². The van der Waals surface area contributed by atoms with Gasteiger partial charge in [-0.1, -0.05) is 19.9 Å². The molecule has 0 unspecified atom stereocenters. The number of carbonyl (C=O) groups is 1. The van der Waals surface area contributed by atoms with Crippen LogP contribution in [0.5, 0.6) is 0 Å². The Balaban J connectivity index is 2.33. The molecule has 2 rings (SSSR count). The van der Waals surface area contributed by atoms with E-state index in [4.69, 9.17) is 5.11 Å². The van der Waals surface area contributed by atoms with E-state index in [1.165, 1.54) is 6.20 Å². The smallest absolute Gasteiger partial charge is 0.339 e. The van der Waals surface area contributed by atoms with Gasteiger partial charge in [-0.25, -0.2) is 14.8 Å². The van der Waals surface area contributed by atoms with Crippen LogP contribution >= 0.6 is 11.3 Å². The number of hydrogen-bond donors (Lipinski definition) is 1. The monoisotopic (exact) mass is 274 g/mol. The molecule has 2 aromatic rings. The van der Waals surface area contributed by atoms with Crippen molar-refractivity contribution in [2.24, 2.45) is 0 Å². The minimum absolute atomic E-state index is 0.0444. The first kappa shape index (κ1) is 13.4. The number of aromatic carboxylic acids is 1. The fraction of sp³-hybridized carbons (Fsp3) is 0.214. The summed E-state index contributed by atoms with van der Waals surface area (Å²) < 4.78 is 0. The number of carboxylic acids is 1. The topological polar surface area (TPSA) is 63.1 Å². The van der Waals surface area contributed by atoms with Crippen LogP contribution in [0.1, 0.15) is 46.5 Å². The van der Waals surface area contributed by atoms with E-state index in [1.807, 2.05) is 37.4 Å². The Morgan fingerprint density at radius 1 is 1.42 bits per heavy atom. The summed E-state index contributed by atoms with van der Waals surface area (Å²) in [6.45, 7) is 3.84. The average molecular weight is 274 g/mol. The summed E-state index contributed by atoms with van der Waals surface area (Å²) in [5.41, 5.74) is 0.733. The van der Waals surface area contributed by atoms with E-state index in [0.29, 0.717) is 11.5 Å². The first-order chi connectivity index (χ1) is 9.08. The largest absolute Gasteiger partial charge is 0.478 e. The minimum atomic E-state index is -0.988. The second kappa shape index (κ2) is 5.75. The molecule has 5 heteroatoms. The molecule has 4 nitrogen and oxygen atoms in total. The molecule has 0 spiro atoms. The third-order valence-corrected chi connectivity index (χ3v) is 3.39. The van der Waals surface area contributed by atoms with Crippen LogP contribution in [-0.2, 0) is 0 Å². The molecular formula is C14H14N2O2S. The maximum absolute atomic E-state index is 11.1. The molecule has 98 valence electrons. The molecule has 1 N–H and O–H groups in total. The third-order valence-electron chi connectivity index (χ3n) is 2.55. The first-order valence-electron chi connectivity index (χ1n) is 5.89. The van der Waals surface area contributed by atoms with E-state index < -0.39 is 5.97 Å². The van der Waals surface area contributed by atoms with Crippen molar-refractivity contribution in [3.8, 4) is 0 Å². The van der Waals surface area contributed by atoms with Gasteiger partial charge in [0.15, 0.2) is 5.82 Å². The number of thiophene rings is 1. The van der Waals surface area contributed by atoms with Gasteiger partial charge in [0.25, 0.3) is 0 Å². The second-order valence-electron chi connectivity index (χ2n) is 4.34. The summed E-state index contributed by atoms with van der Waals surface area (Å²) in [6.07, 6.45) is 5.09. The Hall–Kier alpha value is -2.01. The van der Waals surface area contributed by atoms with Crippen molar-refractivity contribution in [3.05, 3.63) is 45.7 Å². The quantitative estimate of drug-likeness (QED) is 0.926. The first-order valence-corrected chi connectivity index (χ1v) is 6.77. The molecule has 0 aliphatic carbocycles. The van der Waals surface area contributed by atoms with Gasteiger partial charge in [-0.3, -0.25) is 0 Å². The standard InChI is InChI=1S/C14H14N2O2S/c1-9(2)13-11(14(17)18)8-15-12(16-13)6-5-10-4-3-7-19-10/h3-9H,1-2H3,(H,17,18)/b6-5+. The van der Waals surface area contributed by atoms with Crippen molar-refractivity contribution in [3.63, 3.8) is 0 Å². The number of carboxylic acid groups (broad SMARTS) is 1. The van der Waals surface area contributed by atoms with Gasteiger partial charge in [0.2, 0.25) is 0 Å². The summed E-state index contributed by atoms with van der Waals surface area (Å²) >= 11 is 1.62. The molecule has 0 aliphatic rings. The Bertz CT molecular complexity index is 604. The molecule has 2 aromatic heterocycles. The lowest BCUT2D eigenvalue weighted by Gasteiger charge is -2.08. The van der Waals surface area contributed by atoms with Crippen LogP contribution in [-0.4, -0.2) is 21.0 Å². The Kier molecular flexibility index (Phi) is 4.06. The zero-order valence-electron chi connectivity index (χ0n) is 10.7. The van der Waals surface area contributed by atoms with Crippen LogP contribution in [0, 0.1) is 0 Å². The predicted molar refractivity (Wildman–Crippen MR) is 76.3 cm³/mol. The molecule has 2 heterocycles. The number of aromatic nitrogens is 2. The molecular weight excluding hydrogens is 260 g/mol.